The summed E-state index contributed by atoms with van der Waals surface area (Å²) in [5.41, 5.74) is 2.17. The molecule has 2 aromatic carbocycles. The standard InChI is InChI=1S/C18H12FNO2/c1-2-11-10-15(18(21)22)16(12-5-3-6-13(19)9-12)17-14(11)7-4-8-20-17/h2-10H,1H2,(H,21,22). The molecular formula is C18H12FNO2. The van der Waals surface area contributed by atoms with Crippen LogP contribution in [-0.4, -0.2) is 16.1 Å². The summed E-state index contributed by atoms with van der Waals surface area (Å²) in [6.07, 6.45) is 3.18. The number of benzene rings is 2. The Kier molecular flexibility index (Phi) is 3.43. The average Bonchev–Trinajstić information content (AvgIpc) is 2.53. The van der Waals surface area contributed by atoms with Crippen LogP contribution >= 0.6 is 0 Å². The van der Waals surface area contributed by atoms with Crippen molar-refractivity contribution in [3.63, 3.8) is 0 Å². The van der Waals surface area contributed by atoms with E-state index in [4.69, 9.17) is 0 Å². The number of carbonyl (C=O) groups is 1. The Morgan fingerprint density at radius 3 is 2.73 bits per heavy atom. The Bertz CT molecular complexity index is 903. The van der Waals surface area contributed by atoms with Gasteiger partial charge >= 0.3 is 5.97 Å². The lowest BCUT2D eigenvalue weighted by Crippen LogP contribution is -2.02. The first-order chi connectivity index (χ1) is 10.6. The van der Waals surface area contributed by atoms with Gasteiger partial charge in [-0.3, -0.25) is 4.98 Å². The normalized spacial score (nSPS) is 10.6. The molecule has 108 valence electrons. The summed E-state index contributed by atoms with van der Waals surface area (Å²) in [5, 5.41) is 10.3. The first-order valence-corrected chi connectivity index (χ1v) is 6.65. The van der Waals surface area contributed by atoms with Gasteiger partial charge in [0.15, 0.2) is 0 Å². The number of nitrogens with zero attached hydrogens (tertiary/aromatic N) is 1. The number of rotatable bonds is 3. The Hall–Kier alpha value is -3.01. The zero-order valence-corrected chi connectivity index (χ0v) is 11.6. The van der Waals surface area contributed by atoms with Crippen LogP contribution in [0.25, 0.3) is 28.1 Å². The molecule has 0 saturated heterocycles. The first-order valence-electron chi connectivity index (χ1n) is 6.65. The van der Waals surface area contributed by atoms with Gasteiger partial charge in [0, 0.05) is 17.1 Å². The van der Waals surface area contributed by atoms with E-state index in [1.54, 1.807) is 36.5 Å². The third kappa shape index (κ3) is 2.24. The average molecular weight is 293 g/mol. The lowest BCUT2D eigenvalue weighted by molar-refractivity contribution is 0.0698. The third-order valence-electron chi connectivity index (χ3n) is 3.49. The molecule has 1 N–H and O–H groups in total. The fraction of sp³-hybridized carbons (Fsp3) is 0. The molecule has 0 radical (unpaired) electrons. The van der Waals surface area contributed by atoms with Crippen molar-refractivity contribution in [2.45, 2.75) is 0 Å². The molecule has 0 fully saturated rings. The summed E-state index contributed by atoms with van der Waals surface area (Å²) in [5.74, 6) is -1.51. The van der Waals surface area contributed by atoms with Crippen LogP contribution in [0.3, 0.4) is 0 Å². The number of aromatic carboxylic acids is 1. The van der Waals surface area contributed by atoms with E-state index in [2.05, 4.69) is 11.6 Å². The SMILES string of the molecule is C=Cc1cc(C(=O)O)c(-c2cccc(F)c2)c2ncccc12. The molecule has 0 amide bonds. The maximum atomic E-state index is 13.5. The van der Waals surface area contributed by atoms with Gasteiger partial charge in [-0.15, -0.1) is 0 Å². The van der Waals surface area contributed by atoms with E-state index in [1.807, 2.05) is 6.07 Å². The maximum Gasteiger partial charge on any atom is 0.336 e. The van der Waals surface area contributed by atoms with E-state index in [-0.39, 0.29) is 5.56 Å². The molecule has 0 bridgehead atoms. The number of hydrogen-bond acceptors (Lipinski definition) is 2. The smallest absolute Gasteiger partial charge is 0.336 e. The highest BCUT2D eigenvalue weighted by molar-refractivity contribution is 6.08. The van der Waals surface area contributed by atoms with Gasteiger partial charge in [0.1, 0.15) is 5.82 Å². The summed E-state index contributed by atoms with van der Waals surface area (Å²) in [6, 6.07) is 11.0. The van der Waals surface area contributed by atoms with Gasteiger partial charge < -0.3 is 5.11 Å². The predicted molar refractivity (Wildman–Crippen MR) is 84.2 cm³/mol. The Morgan fingerprint density at radius 1 is 1.23 bits per heavy atom. The van der Waals surface area contributed by atoms with Gasteiger partial charge in [0.25, 0.3) is 0 Å². The molecule has 1 heterocycles. The van der Waals surface area contributed by atoms with Crippen LogP contribution < -0.4 is 0 Å². The minimum Gasteiger partial charge on any atom is -0.478 e. The fourth-order valence-corrected chi connectivity index (χ4v) is 2.54. The molecule has 3 nitrogen and oxygen atoms in total. The quantitative estimate of drug-likeness (QED) is 0.779. The highest BCUT2D eigenvalue weighted by atomic mass is 19.1. The molecule has 3 rings (SSSR count). The zero-order chi connectivity index (χ0) is 15.7. The lowest BCUT2D eigenvalue weighted by Gasteiger charge is -2.12. The molecule has 0 aliphatic heterocycles. The van der Waals surface area contributed by atoms with Crippen molar-refractivity contribution in [3.8, 4) is 11.1 Å². The maximum absolute atomic E-state index is 13.5. The molecule has 0 aliphatic rings. The summed E-state index contributed by atoms with van der Waals surface area (Å²) in [7, 11) is 0. The number of aromatic nitrogens is 1. The number of pyridine rings is 1. The van der Waals surface area contributed by atoms with Crippen LogP contribution in [0.15, 0.2) is 55.2 Å². The van der Waals surface area contributed by atoms with Gasteiger partial charge in [-0.1, -0.05) is 30.9 Å². The highest BCUT2D eigenvalue weighted by Crippen LogP contribution is 2.34. The van der Waals surface area contributed by atoms with E-state index < -0.39 is 11.8 Å². The van der Waals surface area contributed by atoms with E-state index in [0.29, 0.717) is 22.2 Å². The zero-order valence-electron chi connectivity index (χ0n) is 11.6. The van der Waals surface area contributed by atoms with Crippen LogP contribution in [0.2, 0.25) is 0 Å². The van der Waals surface area contributed by atoms with Crippen LogP contribution in [-0.2, 0) is 0 Å². The Morgan fingerprint density at radius 2 is 2.05 bits per heavy atom. The second-order valence-electron chi connectivity index (χ2n) is 4.81. The van der Waals surface area contributed by atoms with Gasteiger partial charge in [-0.2, -0.15) is 0 Å². The minimum atomic E-state index is -1.09. The predicted octanol–water partition coefficient (Wildman–Crippen LogP) is 4.38. The molecule has 0 unspecified atom stereocenters. The molecular weight excluding hydrogens is 281 g/mol. The molecule has 3 aromatic rings. The van der Waals surface area contributed by atoms with Crippen molar-refractivity contribution in [2.75, 3.05) is 0 Å². The molecule has 0 spiro atoms. The first kappa shape index (κ1) is 13.9. The van der Waals surface area contributed by atoms with E-state index in [1.165, 1.54) is 12.1 Å². The molecule has 4 heteroatoms. The van der Waals surface area contributed by atoms with Crippen LogP contribution in [0.1, 0.15) is 15.9 Å². The van der Waals surface area contributed by atoms with Gasteiger partial charge in [0.05, 0.1) is 11.1 Å². The fourth-order valence-electron chi connectivity index (χ4n) is 2.54. The topological polar surface area (TPSA) is 50.2 Å². The van der Waals surface area contributed by atoms with Crippen LogP contribution in [0.4, 0.5) is 4.39 Å². The highest BCUT2D eigenvalue weighted by Gasteiger charge is 2.18. The van der Waals surface area contributed by atoms with Crippen LogP contribution in [0.5, 0.6) is 0 Å². The summed E-state index contributed by atoms with van der Waals surface area (Å²) in [6.45, 7) is 3.72. The van der Waals surface area contributed by atoms with Crippen molar-refractivity contribution in [2.24, 2.45) is 0 Å². The minimum absolute atomic E-state index is 0.0756. The Balaban J connectivity index is 2.48. The largest absolute Gasteiger partial charge is 0.478 e. The van der Waals surface area contributed by atoms with Gasteiger partial charge in [0.2, 0.25) is 0 Å². The second-order valence-corrected chi connectivity index (χ2v) is 4.81. The van der Waals surface area contributed by atoms with Crippen LogP contribution in [0, 0.1) is 5.82 Å². The summed E-state index contributed by atoms with van der Waals surface area (Å²) < 4.78 is 13.5. The second kappa shape index (κ2) is 5.41. The molecule has 0 aliphatic carbocycles. The number of fused-ring (bicyclic) bond motifs is 1. The molecule has 1 aromatic heterocycles. The van der Waals surface area contributed by atoms with Gasteiger partial charge in [-0.05, 0) is 35.4 Å². The molecule has 22 heavy (non-hydrogen) atoms. The van der Waals surface area contributed by atoms with Crippen molar-refractivity contribution in [3.05, 3.63) is 72.2 Å². The number of carboxylic acid groups (broad SMARTS) is 1. The monoisotopic (exact) mass is 293 g/mol. The molecule has 0 saturated carbocycles. The number of halogens is 1. The Labute approximate surface area is 126 Å². The molecule has 0 atom stereocenters. The van der Waals surface area contributed by atoms with Crippen molar-refractivity contribution >= 4 is 22.9 Å². The number of carboxylic acids is 1. The van der Waals surface area contributed by atoms with E-state index >= 15 is 0 Å². The number of hydrogen-bond donors (Lipinski definition) is 1. The van der Waals surface area contributed by atoms with Crippen molar-refractivity contribution in [1.29, 1.82) is 0 Å². The van der Waals surface area contributed by atoms with E-state index in [0.717, 1.165) is 5.39 Å². The third-order valence-corrected chi connectivity index (χ3v) is 3.49. The van der Waals surface area contributed by atoms with E-state index in [9.17, 15) is 14.3 Å². The van der Waals surface area contributed by atoms with Gasteiger partial charge in [-0.25, -0.2) is 9.18 Å². The summed E-state index contributed by atoms with van der Waals surface area (Å²) >= 11 is 0. The lowest BCUT2D eigenvalue weighted by atomic mass is 9.93. The van der Waals surface area contributed by atoms with Crippen molar-refractivity contribution in [1.82, 2.24) is 4.98 Å². The van der Waals surface area contributed by atoms with Crippen molar-refractivity contribution < 1.29 is 14.3 Å². The summed E-state index contributed by atoms with van der Waals surface area (Å²) in [4.78, 5) is 15.9.